The van der Waals surface area contributed by atoms with Crippen LogP contribution >= 0.6 is 0 Å². The molecule has 1 amide bonds. The summed E-state index contributed by atoms with van der Waals surface area (Å²) in [6.07, 6.45) is 1.28. The number of hydrogen-bond acceptors (Lipinski definition) is 6. The summed E-state index contributed by atoms with van der Waals surface area (Å²) in [5, 5.41) is 28.7. The molecule has 0 saturated carbocycles. The molecule has 212 valence electrons. The first kappa shape index (κ1) is 28.3. The summed E-state index contributed by atoms with van der Waals surface area (Å²) >= 11 is 0. The lowest BCUT2D eigenvalue weighted by Gasteiger charge is -2.24. The number of benzene rings is 3. The molecule has 0 aliphatic carbocycles. The third-order valence-corrected chi connectivity index (χ3v) is 8.27. The Morgan fingerprint density at radius 2 is 1.68 bits per heavy atom. The van der Waals surface area contributed by atoms with Crippen molar-refractivity contribution in [3.63, 3.8) is 0 Å². The van der Waals surface area contributed by atoms with E-state index in [1.807, 2.05) is 12.1 Å². The van der Waals surface area contributed by atoms with Crippen LogP contribution < -0.4 is 10.6 Å². The van der Waals surface area contributed by atoms with Crippen LogP contribution in [0.1, 0.15) is 47.1 Å². The molecule has 7 nitrogen and oxygen atoms in total. The van der Waals surface area contributed by atoms with Crippen molar-refractivity contribution in [3.8, 4) is 0 Å². The molecule has 3 aromatic rings. The second-order valence-electron chi connectivity index (χ2n) is 11.2. The Balaban J connectivity index is 1.20. The smallest absolute Gasteiger partial charge is 0.240 e. The molecule has 2 aliphatic rings. The maximum absolute atomic E-state index is 13.5. The van der Waals surface area contributed by atoms with Gasteiger partial charge in [-0.3, -0.25) is 9.63 Å². The molecule has 3 aromatic carbocycles. The predicted molar refractivity (Wildman–Crippen MR) is 157 cm³/mol. The van der Waals surface area contributed by atoms with Crippen LogP contribution in [0.15, 0.2) is 72.8 Å². The van der Waals surface area contributed by atoms with Gasteiger partial charge in [0.2, 0.25) is 5.91 Å². The number of carbonyl (C=O) groups excluding carboxylic acids is 1. The molecular formula is C33H41N3O4. The number of nitrogens with one attached hydrogen (secondary N) is 2. The van der Waals surface area contributed by atoms with Crippen molar-refractivity contribution in [3.05, 3.63) is 101 Å². The van der Waals surface area contributed by atoms with Crippen LogP contribution in [-0.4, -0.2) is 59.1 Å². The number of hydrogen-bond donors (Lipinski definition) is 4. The first-order chi connectivity index (χ1) is 19.4. The number of aryl methyl sites for hydroxylation is 3. The van der Waals surface area contributed by atoms with Gasteiger partial charge in [0.05, 0.1) is 19.3 Å². The Hall–Kier alpha value is -3.23. The van der Waals surface area contributed by atoms with Crippen molar-refractivity contribution in [1.82, 2.24) is 10.4 Å². The van der Waals surface area contributed by atoms with E-state index in [9.17, 15) is 15.0 Å². The first-order valence-corrected chi connectivity index (χ1v) is 14.4. The van der Waals surface area contributed by atoms with E-state index < -0.39 is 24.2 Å². The normalized spacial score (nSPS) is 23.0. The number of para-hydroxylation sites is 1. The average Bonchev–Trinajstić information content (AvgIpc) is 3.55. The van der Waals surface area contributed by atoms with Crippen molar-refractivity contribution in [2.24, 2.45) is 5.92 Å². The quantitative estimate of drug-likeness (QED) is 0.293. The number of fused-ring (bicyclic) bond motifs is 1. The third-order valence-electron chi connectivity index (χ3n) is 8.27. The number of anilines is 1. The zero-order valence-corrected chi connectivity index (χ0v) is 23.4. The van der Waals surface area contributed by atoms with Gasteiger partial charge in [-0.15, -0.1) is 0 Å². The van der Waals surface area contributed by atoms with E-state index in [0.717, 1.165) is 37.1 Å². The van der Waals surface area contributed by atoms with Gasteiger partial charge in [-0.25, -0.2) is 0 Å². The molecule has 0 spiro atoms. The third kappa shape index (κ3) is 6.56. The fraction of sp³-hybridized carbons (Fsp3) is 0.424. The van der Waals surface area contributed by atoms with Gasteiger partial charge < -0.3 is 20.8 Å². The van der Waals surface area contributed by atoms with Crippen LogP contribution in [0.25, 0.3) is 0 Å². The second-order valence-corrected chi connectivity index (χ2v) is 11.2. The van der Waals surface area contributed by atoms with Gasteiger partial charge in [-0.1, -0.05) is 72.3 Å². The molecule has 0 aromatic heterocycles. The van der Waals surface area contributed by atoms with Crippen molar-refractivity contribution < 1.29 is 19.8 Å². The molecule has 5 rings (SSSR count). The maximum atomic E-state index is 13.5. The molecule has 1 saturated heterocycles. The van der Waals surface area contributed by atoms with Gasteiger partial charge >= 0.3 is 0 Å². The van der Waals surface area contributed by atoms with Crippen molar-refractivity contribution >= 4 is 11.6 Å². The molecule has 40 heavy (non-hydrogen) atoms. The minimum Gasteiger partial charge on any atom is -0.396 e. The Morgan fingerprint density at radius 1 is 1.02 bits per heavy atom. The molecule has 4 N–H and O–H groups in total. The lowest BCUT2D eigenvalue weighted by molar-refractivity contribution is -0.192. The average molecular weight is 544 g/mol. The predicted octanol–water partition coefficient (Wildman–Crippen LogP) is 3.97. The van der Waals surface area contributed by atoms with Crippen LogP contribution in [0.3, 0.4) is 0 Å². The Kier molecular flexibility index (Phi) is 9.17. The Bertz CT molecular complexity index is 1260. The van der Waals surface area contributed by atoms with Crippen molar-refractivity contribution in [2.75, 3.05) is 25.0 Å². The molecular weight excluding hydrogens is 502 g/mol. The van der Waals surface area contributed by atoms with E-state index in [1.54, 1.807) is 12.0 Å². The van der Waals surface area contributed by atoms with E-state index in [2.05, 4.69) is 78.2 Å². The fourth-order valence-electron chi connectivity index (χ4n) is 5.93. The summed E-state index contributed by atoms with van der Waals surface area (Å²) in [5.74, 6) is -0.366. The van der Waals surface area contributed by atoms with Crippen LogP contribution in [-0.2, 0) is 29.0 Å². The number of carbonyl (C=O) groups is 1. The number of nitrogens with zero attached hydrogens (tertiary/aromatic N) is 1. The molecule has 1 fully saturated rings. The molecule has 2 heterocycles. The summed E-state index contributed by atoms with van der Waals surface area (Å²) in [4.78, 5) is 19.5. The standard InChI is InChI=1S/C33H41N3O4/c1-22-7-9-24(10-8-22)11-12-25-13-15-26(16-14-25)20-36-31(29(21-37)32(40-36)23(2)38)33(39)34-18-17-27-19-35-30-6-4-3-5-28(27)30/h3-10,13-16,23,27,29,31-32,35,37-38H,11-12,17-21H2,1-2H3,(H,34,39)/t23-,27?,29-,31-,32-/m0/s1. The molecule has 2 aliphatic heterocycles. The summed E-state index contributed by atoms with van der Waals surface area (Å²) in [5.41, 5.74) is 7.29. The van der Waals surface area contributed by atoms with E-state index >= 15 is 0 Å². The van der Waals surface area contributed by atoms with E-state index in [0.29, 0.717) is 19.0 Å². The molecule has 1 unspecified atom stereocenters. The van der Waals surface area contributed by atoms with Gasteiger partial charge in [0.15, 0.2) is 0 Å². The molecule has 0 bridgehead atoms. The Morgan fingerprint density at radius 3 is 2.35 bits per heavy atom. The minimum atomic E-state index is -0.817. The number of hydroxylamine groups is 2. The summed E-state index contributed by atoms with van der Waals surface area (Å²) < 4.78 is 0. The topological polar surface area (TPSA) is 94.1 Å². The highest BCUT2D eigenvalue weighted by atomic mass is 16.7. The van der Waals surface area contributed by atoms with Crippen molar-refractivity contribution in [2.45, 2.75) is 63.8 Å². The largest absolute Gasteiger partial charge is 0.396 e. The van der Waals surface area contributed by atoms with Crippen molar-refractivity contribution in [1.29, 1.82) is 0 Å². The second kappa shape index (κ2) is 13.0. The lowest BCUT2D eigenvalue weighted by atomic mass is 9.91. The van der Waals surface area contributed by atoms with Gasteiger partial charge in [0, 0.05) is 30.6 Å². The Labute approximate surface area is 237 Å². The van der Waals surface area contributed by atoms with Crippen LogP contribution in [0.5, 0.6) is 0 Å². The molecule has 7 heteroatoms. The molecule has 5 atom stereocenters. The van der Waals surface area contributed by atoms with Crippen LogP contribution in [0, 0.1) is 12.8 Å². The summed E-state index contributed by atoms with van der Waals surface area (Å²) in [6.45, 7) is 5.26. The number of aliphatic hydroxyl groups excluding tert-OH is 2. The fourth-order valence-corrected chi connectivity index (χ4v) is 5.93. The van der Waals surface area contributed by atoms with E-state index in [1.165, 1.54) is 22.3 Å². The number of amides is 1. The van der Waals surface area contributed by atoms with Gasteiger partial charge in [0.1, 0.15) is 12.1 Å². The summed E-state index contributed by atoms with van der Waals surface area (Å²) in [6, 6.07) is 24.6. The monoisotopic (exact) mass is 543 g/mol. The zero-order valence-electron chi connectivity index (χ0n) is 23.4. The highest BCUT2D eigenvalue weighted by molar-refractivity contribution is 5.82. The molecule has 0 radical (unpaired) electrons. The van der Waals surface area contributed by atoms with E-state index in [-0.39, 0.29) is 12.5 Å². The summed E-state index contributed by atoms with van der Waals surface area (Å²) in [7, 11) is 0. The van der Waals surface area contributed by atoms with Crippen LogP contribution in [0.2, 0.25) is 0 Å². The SMILES string of the molecule is Cc1ccc(CCc2ccc(CN3O[C@@H]([C@H](C)O)[C@@H](CO)[C@H]3C(=O)NCCC3CNc4ccccc43)cc2)cc1. The van der Waals surface area contributed by atoms with E-state index in [4.69, 9.17) is 4.84 Å². The number of rotatable bonds is 11. The number of aliphatic hydroxyl groups is 2. The van der Waals surface area contributed by atoms with Gasteiger partial charge in [0.25, 0.3) is 0 Å². The maximum Gasteiger partial charge on any atom is 0.240 e. The zero-order chi connectivity index (χ0) is 28.1. The lowest BCUT2D eigenvalue weighted by Crippen LogP contribution is -2.47. The highest BCUT2D eigenvalue weighted by Gasteiger charge is 2.48. The first-order valence-electron chi connectivity index (χ1n) is 14.4. The minimum absolute atomic E-state index is 0.184. The highest BCUT2D eigenvalue weighted by Crippen LogP contribution is 2.34. The van der Waals surface area contributed by atoms with Crippen LogP contribution in [0.4, 0.5) is 5.69 Å². The van der Waals surface area contributed by atoms with Gasteiger partial charge in [-0.05, 0) is 61.4 Å². The van der Waals surface area contributed by atoms with Gasteiger partial charge in [-0.2, -0.15) is 5.06 Å².